The quantitative estimate of drug-likeness (QED) is 0.361. The fourth-order valence-electron chi connectivity index (χ4n) is 4.12. The Hall–Kier alpha value is -2.74. The Bertz CT molecular complexity index is 1060. The molecule has 0 saturated carbocycles. The van der Waals surface area contributed by atoms with Gasteiger partial charge in [0.2, 0.25) is 0 Å². The van der Waals surface area contributed by atoms with Crippen molar-refractivity contribution in [3.63, 3.8) is 0 Å². The molecule has 30 heavy (non-hydrogen) atoms. The van der Waals surface area contributed by atoms with Crippen molar-refractivity contribution in [3.8, 4) is 0 Å². The Morgan fingerprint density at radius 3 is 1.40 bits per heavy atom. The molecular weight excluding hydrogens is 455 g/mol. The van der Waals surface area contributed by atoms with Gasteiger partial charge in [0.15, 0.2) is 0 Å². The zero-order valence-corrected chi connectivity index (χ0v) is 18.8. The third-order valence-electron chi connectivity index (χ3n) is 5.60. The van der Waals surface area contributed by atoms with Crippen LogP contribution in [-0.4, -0.2) is 11.1 Å². The number of rotatable bonds is 6. The first-order valence-electron chi connectivity index (χ1n) is 9.75. The van der Waals surface area contributed by atoms with Crippen LogP contribution >= 0.6 is 20.8 Å². The van der Waals surface area contributed by atoms with Crippen LogP contribution in [0, 0.1) is 0 Å². The molecule has 1 N–H and O–H groups in total. The van der Waals surface area contributed by atoms with Crippen LogP contribution in [0.4, 0.5) is 0 Å². The molecule has 0 aliphatic heterocycles. The Morgan fingerprint density at radius 2 is 1.00 bits per heavy atom. The summed E-state index contributed by atoms with van der Waals surface area (Å²) < 4.78 is 0. The number of aromatic carboxylic acids is 1. The van der Waals surface area contributed by atoms with E-state index in [1.807, 2.05) is 66.7 Å². The Balaban J connectivity index is 2.11. The summed E-state index contributed by atoms with van der Waals surface area (Å²) in [6, 6.07) is 38.5. The summed E-state index contributed by atoms with van der Waals surface area (Å²) in [5.41, 5.74) is 1.16. The van der Waals surface area contributed by atoms with Crippen molar-refractivity contribution in [1.82, 2.24) is 0 Å². The van der Waals surface area contributed by atoms with Crippen molar-refractivity contribution in [2.75, 3.05) is 0 Å². The van der Waals surface area contributed by atoms with Crippen LogP contribution < -0.4 is 15.9 Å². The van der Waals surface area contributed by atoms with E-state index in [0.717, 1.165) is 5.56 Å². The molecule has 0 heterocycles. The molecule has 0 spiro atoms. The van der Waals surface area contributed by atoms with Gasteiger partial charge in [0.25, 0.3) is 0 Å². The number of carbonyl (C=O) groups is 1. The minimum atomic E-state index is -3.21. The van der Waals surface area contributed by atoms with E-state index >= 15 is 0 Å². The summed E-state index contributed by atoms with van der Waals surface area (Å²) >= 11 is 4.38. The Kier molecular flexibility index (Phi) is 5.60. The van der Waals surface area contributed by atoms with Gasteiger partial charge in [-0.2, -0.15) is 0 Å². The summed E-state index contributed by atoms with van der Waals surface area (Å²) in [4.78, 5) is 12.0. The molecule has 0 unspecified atom stereocenters. The summed E-state index contributed by atoms with van der Waals surface area (Å²) in [5, 5.41) is 10.1. The van der Waals surface area contributed by atoms with E-state index in [4.69, 9.17) is 0 Å². The van der Waals surface area contributed by atoms with Crippen LogP contribution in [0.2, 0.25) is 0 Å². The van der Waals surface area contributed by atoms with Gasteiger partial charge in [-0.3, -0.25) is 0 Å². The standard InChI is InChI=1S/C26H22BrO2P/c27-30(22-13-4-1-5-14-22,23-15-6-2-7-16-23,24-17-8-3-9-18-24)20-21-12-10-11-19-25(21)26(28)29/h1-19H,20H2,(H,28,29). The molecule has 0 aliphatic rings. The third-order valence-corrected chi connectivity index (χ3v) is 15.1. The van der Waals surface area contributed by atoms with E-state index in [1.54, 1.807) is 12.1 Å². The van der Waals surface area contributed by atoms with Gasteiger partial charge >= 0.3 is 185 Å². The van der Waals surface area contributed by atoms with E-state index < -0.39 is 11.3 Å². The van der Waals surface area contributed by atoms with Crippen molar-refractivity contribution in [3.05, 3.63) is 126 Å². The predicted molar refractivity (Wildman–Crippen MR) is 131 cm³/mol. The van der Waals surface area contributed by atoms with Crippen LogP contribution in [0.3, 0.4) is 0 Å². The predicted octanol–water partition coefficient (Wildman–Crippen LogP) is 5.72. The second-order valence-electron chi connectivity index (χ2n) is 7.31. The number of carboxylic acids is 1. The first-order chi connectivity index (χ1) is 14.5. The molecule has 0 fully saturated rings. The molecule has 4 aromatic rings. The summed E-state index contributed by atoms with van der Waals surface area (Å²) in [5.74, 6) is -0.905. The van der Waals surface area contributed by atoms with E-state index in [2.05, 4.69) is 51.9 Å². The number of hydrogen-bond acceptors (Lipinski definition) is 1. The first-order valence-corrected chi connectivity index (χ1v) is 14.2. The van der Waals surface area contributed by atoms with Crippen LogP contribution in [0.5, 0.6) is 0 Å². The Labute approximate surface area is 184 Å². The van der Waals surface area contributed by atoms with Crippen molar-refractivity contribution in [2.24, 2.45) is 0 Å². The summed E-state index contributed by atoms with van der Waals surface area (Å²) in [6.45, 7) is 0. The molecule has 4 heteroatoms. The first kappa shape index (κ1) is 20.5. The maximum atomic E-state index is 12.0. The number of carboxylic acid groups (broad SMARTS) is 1. The molecular formula is C26H22BrO2P. The monoisotopic (exact) mass is 476 g/mol. The number of halogens is 1. The third kappa shape index (κ3) is 3.39. The van der Waals surface area contributed by atoms with Gasteiger partial charge in [0.1, 0.15) is 0 Å². The summed E-state index contributed by atoms with van der Waals surface area (Å²) in [6.07, 6.45) is 0.562. The summed E-state index contributed by atoms with van der Waals surface area (Å²) in [7, 11) is 0. The van der Waals surface area contributed by atoms with Crippen molar-refractivity contribution in [1.29, 1.82) is 0 Å². The van der Waals surface area contributed by atoms with Gasteiger partial charge in [0, 0.05) is 0 Å². The van der Waals surface area contributed by atoms with Crippen LogP contribution in [0.15, 0.2) is 115 Å². The van der Waals surface area contributed by atoms with E-state index in [-0.39, 0.29) is 0 Å². The average Bonchev–Trinajstić information content (AvgIpc) is 2.81. The molecule has 0 bridgehead atoms. The van der Waals surface area contributed by atoms with Crippen LogP contribution in [-0.2, 0) is 6.16 Å². The van der Waals surface area contributed by atoms with E-state index in [0.29, 0.717) is 11.7 Å². The fourth-order valence-corrected chi connectivity index (χ4v) is 11.8. The van der Waals surface area contributed by atoms with E-state index in [9.17, 15) is 9.90 Å². The molecule has 2 nitrogen and oxygen atoms in total. The number of hydrogen-bond donors (Lipinski definition) is 1. The molecule has 0 atom stereocenters. The van der Waals surface area contributed by atoms with Crippen LogP contribution in [0.25, 0.3) is 0 Å². The van der Waals surface area contributed by atoms with Gasteiger partial charge < -0.3 is 0 Å². The molecule has 0 saturated heterocycles. The van der Waals surface area contributed by atoms with Crippen LogP contribution in [0.1, 0.15) is 15.9 Å². The molecule has 0 radical (unpaired) electrons. The second kappa shape index (κ2) is 8.18. The topological polar surface area (TPSA) is 37.3 Å². The zero-order chi connectivity index (χ0) is 21.1. The van der Waals surface area contributed by atoms with Crippen molar-refractivity contribution < 1.29 is 9.90 Å². The van der Waals surface area contributed by atoms with Crippen molar-refractivity contribution >= 4 is 42.7 Å². The second-order valence-corrected chi connectivity index (χ2v) is 16.2. The molecule has 0 aromatic heterocycles. The molecule has 4 rings (SSSR count). The molecule has 150 valence electrons. The normalized spacial score (nSPS) is 12.6. The Morgan fingerprint density at radius 1 is 0.633 bits per heavy atom. The number of benzene rings is 4. The molecule has 4 aromatic carbocycles. The fraction of sp³-hybridized carbons (Fsp3) is 0.0385. The maximum absolute atomic E-state index is 12.0. The molecule has 0 aliphatic carbocycles. The average molecular weight is 477 g/mol. The van der Waals surface area contributed by atoms with E-state index in [1.165, 1.54) is 15.9 Å². The van der Waals surface area contributed by atoms with Gasteiger partial charge in [-0.15, -0.1) is 0 Å². The van der Waals surface area contributed by atoms with Gasteiger partial charge in [0.05, 0.1) is 0 Å². The van der Waals surface area contributed by atoms with Gasteiger partial charge in [-0.1, -0.05) is 0 Å². The van der Waals surface area contributed by atoms with Crippen molar-refractivity contribution in [2.45, 2.75) is 6.16 Å². The minimum absolute atomic E-state index is 0.341. The molecule has 0 amide bonds. The van der Waals surface area contributed by atoms with Gasteiger partial charge in [-0.25, -0.2) is 0 Å². The zero-order valence-electron chi connectivity index (χ0n) is 16.4. The van der Waals surface area contributed by atoms with Gasteiger partial charge in [-0.05, 0) is 0 Å². The SMILES string of the molecule is O=C(O)c1ccccc1CP(Br)(c1ccccc1)(c1ccccc1)c1ccccc1.